The van der Waals surface area contributed by atoms with E-state index in [0.29, 0.717) is 0 Å². The molecule has 0 aliphatic rings. The van der Waals surface area contributed by atoms with Crippen molar-refractivity contribution in [2.45, 2.75) is 33.1 Å². The van der Waals surface area contributed by atoms with Crippen molar-refractivity contribution in [1.82, 2.24) is 9.97 Å². The van der Waals surface area contributed by atoms with Crippen LogP contribution in [0.15, 0.2) is 6.20 Å². The first-order valence-corrected chi connectivity index (χ1v) is 3.72. The van der Waals surface area contributed by atoms with Crippen molar-refractivity contribution in [1.29, 1.82) is 0 Å². The van der Waals surface area contributed by atoms with Crippen molar-refractivity contribution in [2.24, 2.45) is 0 Å². The second-order valence-corrected chi connectivity index (χ2v) is 3.74. The molecular formula is C9H13N2. The van der Waals surface area contributed by atoms with E-state index in [0.717, 1.165) is 11.4 Å². The van der Waals surface area contributed by atoms with Gasteiger partial charge in [-0.2, -0.15) is 0 Å². The highest BCUT2D eigenvalue weighted by molar-refractivity contribution is 5.06. The van der Waals surface area contributed by atoms with Crippen molar-refractivity contribution in [3.8, 4) is 0 Å². The second-order valence-electron chi connectivity index (χ2n) is 3.74. The van der Waals surface area contributed by atoms with Crippen LogP contribution in [0.3, 0.4) is 0 Å². The van der Waals surface area contributed by atoms with Gasteiger partial charge in [0.05, 0.1) is 6.20 Å². The van der Waals surface area contributed by atoms with Crippen molar-refractivity contribution in [3.63, 3.8) is 0 Å². The smallest absolute Gasteiger partial charge is 0.134 e. The molecule has 0 unspecified atom stereocenters. The molecule has 0 saturated carbocycles. The molecule has 1 radical (unpaired) electrons. The topological polar surface area (TPSA) is 25.8 Å². The molecule has 0 amide bonds. The van der Waals surface area contributed by atoms with Gasteiger partial charge in [-0.3, -0.25) is 0 Å². The Balaban J connectivity index is 2.99. The molecule has 1 aromatic rings. The van der Waals surface area contributed by atoms with Crippen LogP contribution in [0.1, 0.15) is 32.2 Å². The van der Waals surface area contributed by atoms with Crippen LogP contribution in [0.5, 0.6) is 0 Å². The standard InChI is InChI=1S/C9H13N2/c1-7-5-10-8(11-6-7)9(2,3)4/h5H,1-4H3. The van der Waals surface area contributed by atoms with Gasteiger partial charge in [-0.25, -0.2) is 9.97 Å². The molecule has 1 heterocycles. The first-order chi connectivity index (χ1) is 5.00. The van der Waals surface area contributed by atoms with Crippen LogP contribution < -0.4 is 0 Å². The number of hydrogen-bond donors (Lipinski definition) is 0. The van der Waals surface area contributed by atoms with Gasteiger partial charge in [0, 0.05) is 11.6 Å². The fraction of sp³-hybridized carbons (Fsp3) is 0.556. The van der Waals surface area contributed by atoms with E-state index in [9.17, 15) is 0 Å². The Morgan fingerprint density at radius 3 is 2.36 bits per heavy atom. The van der Waals surface area contributed by atoms with Crippen molar-refractivity contribution in [2.75, 3.05) is 0 Å². The summed E-state index contributed by atoms with van der Waals surface area (Å²) in [5.41, 5.74) is 1.02. The molecule has 0 N–H and O–H groups in total. The number of hydrogen-bond acceptors (Lipinski definition) is 2. The summed E-state index contributed by atoms with van der Waals surface area (Å²) in [6.07, 6.45) is 4.69. The van der Waals surface area contributed by atoms with Crippen molar-refractivity contribution >= 4 is 0 Å². The third kappa shape index (κ3) is 2.00. The van der Waals surface area contributed by atoms with Gasteiger partial charge in [0.2, 0.25) is 0 Å². The Morgan fingerprint density at radius 2 is 2.00 bits per heavy atom. The maximum absolute atomic E-state index is 4.21. The van der Waals surface area contributed by atoms with Crippen LogP contribution in [0.25, 0.3) is 0 Å². The Bertz CT molecular complexity index is 231. The maximum Gasteiger partial charge on any atom is 0.134 e. The molecule has 1 rings (SSSR count). The average molecular weight is 149 g/mol. The second kappa shape index (κ2) is 2.61. The van der Waals surface area contributed by atoms with Crippen LogP contribution in [0, 0.1) is 13.1 Å². The van der Waals surface area contributed by atoms with E-state index < -0.39 is 0 Å². The first-order valence-electron chi connectivity index (χ1n) is 3.72. The molecular weight excluding hydrogens is 136 g/mol. The van der Waals surface area contributed by atoms with Gasteiger partial charge in [0.1, 0.15) is 5.82 Å². The number of aromatic nitrogens is 2. The highest BCUT2D eigenvalue weighted by Crippen LogP contribution is 2.16. The van der Waals surface area contributed by atoms with E-state index in [-0.39, 0.29) is 5.41 Å². The molecule has 0 bridgehead atoms. The van der Waals surface area contributed by atoms with E-state index >= 15 is 0 Å². The fourth-order valence-electron chi connectivity index (χ4n) is 0.718. The molecule has 0 aliphatic heterocycles. The predicted molar refractivity (Wildman–Crippen MR) is 44.3 cm³/mol. The molecule has 2 heteroatoms. The molecule has 0 fully saturated rings. The van der Waals surface area contributed by atoms with Crippen molar-refractivity contribution in [3.05, 3.63) is 23.8 Å². The lowest BCUT2D eigenvalue weighted by Crippen LogP contribution is -2.15. The lowest BCUT2D eigenvalue weighted by Gasteiger charge is -2.15. The zero-order valence-corrected chi connectivity index (χ0v) is 7.47. The average Bonchev–Trinajstić information content (AvgIpc) is 1.86. The number of nitrogens with zero attached hydrogens (tertiary/aromatic N) is 2. The minimum Gasteiger partial charge on any atom is -0.240 e. The van der Waals surface area contributed by atoms with E-state index in [2.05, 4.69) is 36.9 Å². The predicted octanol–water partition coefficient (Wildman–Crippen LogP) is 1.88. The van der Waals surface area contributed by atoms with Crippen LogP contribution in [0.2, 0.25) is 0 Å². The number of rotatable bonds is 0. The third-order valence-electron chi connectivity index (χ3n) is 1.39. The maximum atomic E-state index is 4.21. The van der Waals surface area contributed by atoms with Crippen LogP contribution in [-0.2, 0) is 5.41 Å². The quantitative estimate of drug-likeness (QED) is 0.563. The molecule has 11 heavy (non-hydrogen) atoms. The summed E-state index contributed by atoms with van der Waals surface area (Å²) in [5, 5.41) is 0. The van der Waals surface area contributed by atoms with Gasteiger partial charge in [0.25, 0.3) is 0 Å². The summed E-state index contributed by atoms with van der Waals surface area (Å²) in [7, 11) is 0. The fourth-order valence-corrected chi connectivity index (χ4v) is 0.718. The number of aryl methyl sites for hydroxylation is 1. The van der Waals surface area contributed by atoms with Gasteiger partial charge in [-0.1, -0.05) is 20.8 Å². The lowest BCUT2D eigenvalue weighted by molar-refractivity contribution is 0.544. The highest BCUT2D eigenvalue weighted by atomic mass is 14.9. The molecule has 1 aromatic heterocycles. The van der Waals surface area contributed by atoms with Crippen molar-refractivity contribution < 1.29 is 0 Å². The van der Waals surface area contributed by atoms with E-state index in [1.54, 1.807) is 6.20 Å². The minimum absolute atomic E-state index is 0.0319. The Labute approximate surface area is 67.7 Å². The summed E-state index contributed by atoms with van der Waals surface area (Å²) in [4.78, 5) is 8.32. The van der Waals surface area contributed by atoms with Gasteiger partial charge >= 0.3 is 0 Å². The highest BCUT2D eigenvalue weighted by Gasteiger charge is 2.15. The molecule has 2 nitrogen and oxygen atoms in total. The largest absolute Gasteiger partial charge is 0.240 e. The van der Waals surface area contributed by atoms with Gasteiger partial charge in [-0.05, 0) is 12.5 Å². The van der Waals surface area contributed by atoms with Gasteiger partial charge in [0.15, 0.2) is 0 Å². The SMILES string of the molecule is Cc1[c]nc(C(C)(C)C)nc1. The summed E-state index contributed by atoms with van der Waals surface area (Å²) in [5.74, 6) is 0.850. The van der Waals surface area contributed by atoms with E-state index in [1.165, 1.54) is 0 Å². The Kier molecular flexibility index (Phi) is 1.94. The third-order valence-corrected chi connectivity index (χ3v) is 1.39. The zero-order chi connectivity index (χ0) is 8.48. The summed E-state index contributed by atoms with van der Waals surface area (Å²) < 4.78 is 0. The summed E-state index contributed by atoms with van der Waals surface area (Å²) in [6, 6.07) is 0. The van der Waals surface area contributed by atoms with Crippen LogP contribution in [0.4, 0.5) is 0 Å². The molecule has 59 valence electrons. The first kappa shape index (κ1) is 8.18. The molecule has 0 aliphatic carbocycles. The van der Waals surface area contributed by atoms with Crippen LogP contribution in [-0.4, -0.2) is 9.97 Å². The molecule has 0 aromatic carbocycles. The van der Waals surface area contributed by atoms with Gasteiger partial charge in [-0.15, -0.1) is 0 Å². The summed E-state index contributed by atoms with van der Waals surface area (Å²) in [6.45, 7) is 8.20. The van der Waals surface area contributed by atoms with Gasteiger partial charge < -0.3 is 0 Å². The van der Waals surface area contributed by atoms with E-state index in [1.807, 2.05) is 6.92 Å². The lowest BCUT2D eigenvalue weighted by atomic mass is 9.96. The van der Waals surface area contributed by atoms with Crippen LogP contribution >= 0.6 is 0 Å². The normalized spacial score (nSPS) is 11.6. The Hall–Kier alpha value is -0.920. The molecule has 0 saturated heterocycles. The monoisotopic (exact) mass is 149 g/mol. The summed E-state index contributed by atoms with van der Waals surface area (Å²) >= 11 is 0. The zero-order valence-electron chi connectivity index (χ0n) is 7.47. The Morgan fingerprint density at radius 1 is 1.36 bits per heavy atom. The molecule has 0 atom stereocenters. The minimum atomic E-state index is 0.0319. The molecule has 0 spiro atoms. The van der Waals surface area contributed by atoms with E-state index in [4.69, 9.17) is 0 Å².